The minimum atomic E-state index is -0.563. The first-order chi connectivity index (χ1) is 11.5. The van der Waals surface area contributed by atoms with Crippen molar-refractivity contribution in [1.82, 2.24) is 0 Å². The van der Waals surface area contributed by atoms with Gasteiger partial charge < -0.3 is 16.2 Å². The third kappa shape index (κ3) is 2.99. The van der Waals surface area contributed by atoms with E-state index in [-0.39, 0.29) is 11.8 Å². The summed E-state index contributed by atoms with van der Waals surface area (Å²) in [7, 11) is 0. The Kier molecular flexibility index (Phi) is 4.04. The van der Waals surface area contributed by atoms with Crippen molar-refractivity contribution in [3.8, 4) is 5.75 Å². The Labute approximate surface area is 138 Å². The van der Waals surface area contributed by atoms with Crippen LogP contribution in [0.15, 0.2) is 47.5 Å². The first-order valence-corrected chi connectivity index (χ1v) is 7.33. The van der Waals surface area contributed by atoms with E-state index in [2.05, 4.69) is 4.99 Å². The maximum absolute atomic E-state index is 14.4. The summed E-state index contributed by atoms with van der Waals surface area (Å²) < 4.78 is 19.9. The van der Waals surface area contributed by atoms with E-state index >= 15 is 0 Å². The van der Waals surface area contributed by atoms with Crippen LogP contribution in [0.3, 0.4) is 0 Å². The molecule has 0 aromatic heterocycles. The predicted octanol–water partition coefficient (Wildman–Crippen LogP) is 2.37. The lowest BCUT2D eigenvalue weighted by Crippen LogP contribution is -2.24. The average molecular weight is 325 g/mol. The van der Waals surface area contributed by atoms with E-state index in [0.29, 0.717) is 34.6 Å². The van der Waals surface area contributed by atoms with Crippen LogP contribution in [0, 0.1) is 12.7 Å². The lowest BCUT2D eigenvalue weighted by Gasteiger charge is -2.20. The second-order valence-corrected chi connectivity index (χ2v) is 5.46. The molecule has 5 nitrogen and oxygen atoms in total. The van der Waals surface area contributed by atoms with Gasteiger partial charge in [-0.2, -0.15) is 4.99 Å². The molecule has 0 unspecified atom stereocenters. The zero-order valence-corrected chi connectivity index (χ0v) is 13.0. The quantitative estimate of drug-likeness (QED) is 0.655. The lowest BCUT2D eigenvalue weighted by molar-refractivity contribution is 0.100. The maximum atomic E-state index is 14.4. The van der Waals surface area contributed by atoms with Crippen LogP contribution in [0.25, 0.3) is 5.57 Å². The summed E-state index contributed by atoms with van der Waals surface area (Å²) in [5, 5.41) is 0. The molecule has 1 amide bonds. The first kappa shape index (κ1) is 15.7. The molecule has 2 aromatic rings. The number of guanidine groups is 1. The highest BCUT2D eigenvalue weighted by molar-refractivity contribution is 6.03. The largest absolute Gasteiger partial charge is 0.489 e. The van der Waals surface area contributed by atoms with Gasteiger partial charge in [-0.05, 0) is 48.4 Å². The number of ether oxygens (including phenoxy) is 1. The molecule has 0 saturated carbocycles. The van der Waals surface area contributed by atoms with Gasteiger partial charge in [0.1, 0.15) is 18.2 Å². The monoisotopic (exact) mass is 325 g/mol. The van der Waals surface area contributed by atoms with Crippen molar-refractivity contribution in [3.05, 3.63) is 70.5 Å². The smallest absolute Gasteiger partial charge is 0.280 e. The summed E-state index contributed by atoms with van der Waals surface area (Å²) in [6.45, 7) is 2.15. The molecule has 1 aliphatic rings. The topological polar surface area (TPSA) is 90.7 Å². The van der Waals surface area contributed by atoms with E-state index in [1.165, 1.54) is 6.07 Å². The van der Waals surface area contributed by atoms with Crippen LogP contribution in [-0.4, -0.2) is 18.5 Å². The van der Waals surface area contributed by atoms with Crippen molar-refractivity contribution in [2.45, 2.75) is 6.92 Å². The highest BCUT2D eigenvalue weighted by Gasteiger charge is 2.20. The highest BCUT2D eigenvalue weighted by atomic mass is 19.1. The van der Waals surface area contributed by atoms with E-state index in [1.807, 2.05) is 13.0 Å². The number of nitrogens with zero attached hydrogens (tertiary/aromatic N) is 1. The summed E-state index contributed by atoms with van der Waals surface area (Å²) in [6, 6.07) is 9.86. The normalized spacial score (nSPS) is 12.7. The molecule has 24 heavy (non-hydrogen) atoms. The van der Waals surface area contributed by atoms with Gasteiger partial charge in [-0.15, -0.1) is 0 Å². The number of hydrogen-bond donors (Lipinski definition) is 2. The van der Waals surface area contributed by atoms with E-state index < -0.39 is 5.91 Å². The summed E-state index contributed by atoms with van der Waals surface area (Å²) in [5.41, 5.74) is 13.4. The molecule has 6 heteroatoms. The molecule has 122 valence electrons. The van der Waals surface area contributed by atoms with Crippen LogP contribution >= 0.6 is 0 Å². The Bertz CT molecular complexity index is 884. The first-order valence-electron chi connectivity index (χ1n) is 7.33. The van der Waals surface area contributed by atoms with Gasteiger partial charge in [-0.25, -0.2) is 4.39 Å². The van der Waals surface area contributed by atoms with Gasteiger partial charge in [0, 0.05) is 16.7 Å². The average Bonchev–Trinajstić information content (AvgIpc) is 2.53. The predicted molar refractivity (Wildman–Crippen MR) is 90.3 cm³/mol. The molecular formula is C18H16FN3O2. The van der Waals surface area contributed by atoms with E-state index in [1.54, 1.807) is 30.3 Å². The Morgan fingerprint density at radius 1 is 1.17 bits per heavy atom. The number of hydrogen-bond acceptors (Lipinski definition) is 2. The zero-order chi connectivity index (χ0) is 17.3. The maximum Gasteiger partial charge on any atom is 0.280 e. The molecule has 3 rings (SSSR count). The molecule has 1 aliphatic heterocycles. The number of rotatable bonds is 2. The van der Waals surface area contributed by atoms with Crippen LogP contribution in [-0.2, 0) is 0 Å². The number of amides is 1. The van der Waals surface area contributed by atoms with Gasteiger partial charge in [0.25, 0.3) is 5.91 Å². The third-order valence-corrected chi connectivity index (χ3v) is 3.69. The Hall–Kier alpha value is -3.15. The number of aliphatic imine (C=N–C) groups is 1. The number of carbonyl (C=O) groups excluding carboxylic acids is 1. The fourth-order valence-electron chi connectivity index (χ4n) is 2.60. The fourth-order valence-corrected chi connectivity index (χ4v) is 2.60. The second-order valence-electron chi connectivity index (χ2n) is 5.46. The summed E-state index contributed by atoms with van der Waals surface area (Å²) >= 11 is 0. The van der Waals surface area contributed by atoms with Gasteiger partial charge in [0.2, 0.25) is 0 Å². The molecular weight excluding hydrogens is 309 g/mol. The van der Waals surface area contributed by atoms with E-state index in [4.69, 9.17) is 16.2 Å². The van der Waals surface area contributed by atoms with Crippen molar-refractivity contribution < 1.29 is 13.9 Å². The van der Waals surface area contributed by atoms with Gasteiger partial charge in [0.15, 0.2) is 5.96 Å². The SMILES string of the molecule is Cc1ccc(C2=CCOc3ccc(C(=O)N=C(N)N)cc32)c(F)c1. The molecule has 4 N–H and O–H groups in total. The van der Waals surface area contributed by atoms with E-state index in [0.717, 1.165) is 5.56 Å². The van der Waals surface area contributed by atoms with Gasteiger partial charge in [-0.3, -0.25) is 4.79 Å². The summed E-state index contributed by atoms with van der Waals surface area (Å²) in [4.78, 5) is 15.5. The van der Waals surface area contributed by atoms with Crippen LogP contribution in [0.4, 0.5) is 4.39 Å². The molecule has 0 aliphatic carbocycles. The second kappa shape index (κ2) is 6.16. The molecule has 2 aromatic carbocycles. The van der Waals surface area contributed by atoms with Crippen LogP contribution in [0.1, 0.15) is 27.0 Å². The molecule has 0 saturated heterocycles. The van der Waals surface area contributed by atoms with Crippen molar-refractivity contribution in [2.24, 2.45) is 16.5 Å². The van der Waals surface area contributed by atoms with Gasteiger partial charge in [0.05, 0.1) is 0 Å². The summed E-state index contributed by atoms with van der Waals surface area (Å²) in [6.07, 6.45) is 1.78. The number of fused-ring (bicyclic) bond motifs is 1. The Morgan fingerprint density at radius 2 is 1.96 bits per heavy atom. The molecule has 1 heterocycles. The number of carbonyl (C=O) groups is 1. The van der Waals surface area contributed by atoms with Crippen molar-refractivity contribution in [3.63, 3.8) is 0 Å². The molecule has 0 bridgehead atoms. The summed E-state index contributed by atoms with van der Waals surface area (Å²) in [5.74, 6) is -0.620. The van der Waals surface area contributed by atoms with Crippen LogP contribution in [0.2, 0.25) is 0 Å². The third-order valence-electron chi connectivity index (χ3n) is 3.69. The number of aryl methyl sites for hydroxylation is 1. The number of benzene rings is 2. The van der Waals surface area contributed by atoms with Crippen LogP contribution in [0.5, 0.6) is 5.75 Å². The van der Waals surface area contributed by atoms with E-state index in [9.17, 15) is 9.18 Å². The van der Waals surface area contributed by atoms with Gasteiger partial charge in [-0.1, -0.05) is 12.1 Å². The number of halogens is 1. The number of nitrogens with two attached hydrogens (primary N) is 2. The molecule has 0 radical (unpaired) electrons. The van der Waals surface area contributed by atoms with Gasteiger partial charge >= 0.3 is 0 Å². The Balaban J connectivity index is 2.09. The van der Waals surface area contributed by atoms with Crippen molar-refractivity contribution in [1.29, 1.82) is 0 Å². The standard InChI is InChI=1S/C18H16FN3O2/c1-10-2-4-13(15(19)8-10)12-6-7-24-16-5-3-11(9-14(12)16)17(23)22-18(20)21/h2-6,8-9H,7H2,1H3,(H4,20,21,22,23). The molecule has 0 atom stereocenters. The lowest BCUT2D eigenvalue weighted by atomic mass is 9.93. The van der Waals surface area contributed by atoms with Crippen LogP contribution < -0.4 is 16.2 Å². The van der Waals surface area contributed by atoms with Crippen molar-refractivity contribution >= 4 is 17.4 Å². The minimum Gasteiger partial charge on any atom is -0.489 e. The molecule has 0 spiro atoms. The fraction of sp³-hybridized carbons (Fsp3) is 0.111. The minimum absolute atomic E-state index is 0.297. The highest BCUT2D eigenvalue weighted by Crippen LogP contribution is 2.36. The Morgan fingerprint density at radius 3 is 2.67 bits per heavy atom. The van der Waals surface area contributed by atoms with Crippen molar-refractivity contribution in [2.75, 3.05) is 6.61 Å². The molecule has 0 fully saturated rings. The zero-order valence-electron chi connectivity index (χ0n) is 13.0.